The molecule has 1 N–H and O–H groups in total. The van der Waals surface area contributed by atoms with E-state index in [9.17, 15) is 9.59 Å². The molecule has 7 nitrogen and oxygen atoms in total. The van der Waals surface area contributed by atoms with Crippen LogP contribution in [0.3, 0.4) is 0 Å². The van der Waals surface area contributed by atoms with E-state index < -0.39 is 18.0 Å². The van der Waals surface area contributed by atoms with Crippen LogP contribution in [0.2, 0.25) is 0 Å². The molecule has 1 atom stereocenters. The molecule has 0 aliphatic heterocycles. The summed E-state index contributed by atoms with van der Waals surface area (Å²) in [6, 6.07) is 0.836. The van der Waals surface area contributed by atoms with Crippen molar-refractivity contribution in [1.29, 1.82) is 0 Å². The topological polar surface area (TPSA) is 92.6 Å². The van der Waals surface area contributed by atoms with Crippen LogP contribution in [-0.4, -0.2) is 47.2 Å². The summed E-state index contributed by atoms with van der Waals surface area (Å²) in [4.78, 5) is 31.5. The molecule has 0 radical (unpaired) electrons. The van der Waals surface area contributed by atoms with E-state index in [0.29, 0.717) is 12.2 Å². The first-order chi connectivity index (χ1) is 8.51. The van der Waals surface area contributed by atoms with Crippen molar-refractivity contribution in [3.8, 4) is 0 Å². The molecule has 7 heteroatoms. The molecule has 18 heavy (non-hydrogen) atoms. The van der Waals surface area contributed by atoms with Crippen LogP contribution in [0.1, 0.15) is 24.0 Å². The predicted octanol–water partition coefficient (Wildman–Crippen LogP) is 0.563. The first-order valence-corrected chi connectivity index (χ1v) is 5.38. The van der Waals surface area contributed by atoms with Gasteiger partial charge in [0, 0.05) is 13.2 Å². The maximum Gasteiger partial charge on any atom is 0.376 e. The molecular formula is C11H15N3O4. The van der Waals surface area contributed by atoms with Gasteiger partial charge in [0.25, 0.3) is 0 Å². The molecule has 1 aromatic rings. The Kier molecular flexibility index (Phi) is 4.59. The highest BCUT2D eigenvalue weighted by Gasteiger charge is 2.22. The van der Waals surface area contributed by atoms with Crippen LogP contribution in [0.5, 0.6) is 0 Å². The number of carboxylic acids is 1. The lowest BCUT2D eigenvalue weighted by Gasteiger charge is -2.24. The van der Waals surface area contributed by atoms with E-state index in [-0.39, 0.29) is 5.82 Å². The van der Waals surface area contributed by atoms with Gasteiger partial charge < -0.3 is 14.7 Å². The molecule has 0 bridgehead atoms. The third-order valence-electron chi connectivity index (χ3n) is 2.51. The second kappa shape index (κ2) is 5.95. The number of carboxylic acid groups (broad SMARTS) is 1. The lowest BCUT2D eigenvalue weighted by molar-refractivity contribution is -0.138. The minimum atomic E-state index is -0.946. The van der Waals surface area contributed by atoms with Gasteiger partial charge in [-0.3, -0.25) is 0 Å². The molecule has 1 unspecified atom stereocenters. The number of aromatic nitrogens is 2. The predicted molar refractivity (Wildman–Crippen MR) is 63.5 cm³/mol. The van der Waals surface area contributed by atoms with E-state index in [1.165, 1.54) is 24.3 Å². The van der Waals surface area contributed by atoms with Crippen molar-refractivity contribution >= 4 is 17.8 Å². The molecule has 98 valence electrons. The van der Waals surface area contributed by atoms with E-state index in [1.807, 2.05) is 0 Å². The van der Waals surface area contributed by atoms with Gasteiger partial charge in [0.1, 0.15) is 11.9 Å². The summed E-state index contributed by atoms with van der Waals surface area (Å²) in [6.45, 7) is 1.76. The number of methoxy groups -OCH3 is 1. The van der Waals surface area contributed by atoms with Crippen LogP contribution in [0.4, 0.5) is 5.82 Å². The number of rotatable bonds is 5. The number of ether oxygens (including phenoxy) is 1. The van der Waals surface area contributed by atoms with Crippen molar-refractivity contribution in [3.63, 3.8) is 0 Å². The highest BCUT2D eigenvalue weighted by Crippen LogP contribution is 2.14. The van der Waals surface area contributed by atoms with Gasteiger partial charge in [0.2, 0.25) is 5.82 Å². The molecule has 0 aromatic carbocycles. The van der Waals surface area contributed by atoms with Gasteiger partial charge in [-0.15, -0.1) is 0 Å². The second-order valence-corrected chi connectivity index (χ2v) is 3.60. The summed E-state index contributed by atoms with van der Waals surface area (Å²) in [6.07, 6.45) is 1.81. The fraction of sp³-hybridized carbons (Fsp3) is 0.455. The van der Waals surface area contributed by atoms with Gasteiger partial charge in [0.05, 0.1) is 7.11 Å². The van der Waals surface area contributed by atoms with Crippen LogP contribution in [0.25, 0.3) is 0 Å². The number of likely N-dealkylation sites (N-methyl/N-ethyl adjacent to an activating group) is 1. The van der Waals surface area contributed by atoms with Crippen molar-refractivity contribution in [2.24, 2.45) is 0 Å². The number of hydrogen-bond acceptors (Lipinski definition) is 6. The lowest BCUT2D eigenvalue weighted by atomic mass is 10.2. The Labute approximate surface area is 104 Å². The van der Waals surface area contributed by atoms with Gasteiger partial charge >= 0.3 is 11.9 Å². The van der Waals surface area contributed by atoms with Crippen LogP contribution in [0.15, 0.2) is 12.3 Å². The first kappa shape index (κ1) is 13.9. The molecule has 0 saturated carbocycles. The Bertz CT molecular complexity index is 450. The Morgan fingerprint density at radius 2 is 2.22 bits per heavy atom. The zero-order valence-corrected chi connectivity index (χ0v) is 10.5. The highest BCUT2D eigenvalue weighted by molar-refractivity contribution is 5.85. The Morgan fingerprint density at radius 1 is 1.56 bits per heavy atom. The van der Waals surface area contributed by atoms with Crippen molar-refractivity contribution < 1.29 is 19.4 Å². The number of anilines is 1. The zero-order chi connectivity index (χ0) is 13.7. The molecule has 0 saturated heterocycles. The summed E-state index contributed by atoms with van der Waals surface area (Å²) >= 11 is 0. The van der Waals surface area contributed by atoms with Crippen molar-refractivity contribution in [2.75, 3.05) is 19.1 Å². The van der Waals surface area contributed by atoms with Gasteiger partial charge in [0.15, 0.2) is 0 Å². The van der Waals surface area contributed by atoms with Crippen molar-refractivity contribution in [2.45, 2.75) is 19.4 Å². The van der Waals surface area contributed by atoms with E-state index in [2.05, 4.69) is 14.7 Å². The van der Waals surface area contributed by atoms with Crippen LogP contribution in [0, 0.1) is 0 Å². The van der Waals surface area contributed by atoms with E-state index in [1.54, 1.807) is 14.0 Å². The van der Waals surface area contributed by atoms with Crippen LogP contribution in [-0.2, 0) is 9.53 Å². The molecule has 0 aliphatic rings. The third kappa shape index (κ3) is 2.93. The molecule has 1 rings (SSSR count). The number of aliphatic carboxylic acids is 1. The number of carbonyl (C=O) groups excluding carboxylic acids is 1. The number of nitrogens with zero attached hydrogens (tertiary/aromatic N) is 3. The molecule has 1 aromatic heterocycles. The Morgan fingerprint density at radius 3 is 2.72 bits per heavy atom. The quantitative estimate of drug-likeness (QED) is 0.766. The average molecular weight is 253 g/mol. The summed E-state index contributed by atoms with van der Waals surface area (Å²) in [5.41, 5.74) is 0. The minimum Gasteiger partial charge on any atom is -0.480 e. The summed E-state index contributed by atoms with van der Waals surface area (Å²) < 4.78 is 4.51. The molecular weight excluding hydrogens is 238 g/mol. The third-order valence-corrected chi connectivity index (χ3v) is 2.51. The van der Waals surface area contributed by atoms with Gasteiger partial charge in [-0.1, -0.05) is 6.92 Å². The highest BCUT2D eigenvalue weighted by atomic mass is 16.5. The smallest absolute Gasteiger partial charge is 0.376 e. The fourth-order valence-electron chi connectivity index (χ4n) is 1.51. The standard InChI is InChI=1S/C11H15N3O4/c1-4-7(10(15)16)14(2)8-5-6-12-9(13-8)11(17)18-3/h5-7H,4H2,1-3H3,(H,15,16). The van der Waals surface area contributed by atoms with E-state index >= 15 is 0 Å². The van der Waals surface area contributed by atoms with E-state index in [0.717, 1.165) is 0 Å². The maximum absolute atomic E-state index is 11.3. The fourth-order valence-corrected chi connectivity index (χ4v) is 1.51. The molecule has 0 amide bonds. The Balaban J connectivity index is 3.02. The molecule has 0 aliphatic carbocycles. The molecule has 0 spiro atoms. The number of esters is 1. The minimum absolute atomic E-state index is 0.0953. The molecule has 1 heterocycles. The zero-order valence-electron chi connectivity index (χ0n) is 10.5. The van der Waals surface area contributed by atoms with Gasteiger partial charge in [-0.25, -0.2) is 19.6 Å². The maximum atomic E-state index is 11.3. The summed E-state index contributed by atoms with van der Waals surface area (Å²) in [5, 5.41) is 9.05. The number of carbonyl (C=O) groups is 2. The van der Waals surface area contributed by atoms with Gasteiger partial charge in [-0.2, -0.15) is 0 Å². The van der Waals surface area contributed by atoms with Crippen molar-refractivity contribution in [3.05, 3.63) is 18.1 Å². The lowest BCUT2D eigenvalue weighted by Crippen LogP contribution is -2.38. The van der Waals surface area contributed by atoms with Gasteiger partial charge in [-0.05, 0) is 12.5 Å². The SMILES string of the molecule is CCC(C(=O)O)N(C)c1ccnc(C(=O)OC)n1. The van der Waals surface area contributed by atoms with Crippen molar-refractivity contribution in [1.82, 2.24) is 9.97 Å². The summed E-state index contributed by atoms with van der Waals surface area (Å²) in [5.74, 6) is -1.34. The normalized spacial score (nSPS) is 11.7. The second-order valence-electron chi connectivity index (χ2n) is 3.60. The van der Waals surface area contributed by atoms with Crippen LogP contribution < -0.4 is 4.90 Å². The first-order valence-electron chi connectivity index (χ1n) is 5.38. The van der Waals surface area contributed by atoms with E-state index in [4.69, 9.17) is 5.11 Å². The average Bonchev–Trinajstić information content (AvgIpc) is 2.38. The Hall–Kier alpha value is -2.18. The largest absolute Gasteiger partial charge is 0.480 e. The van der Waals surface area contributed by atoms with Crippen LogP contribution >= 0.6 is 0 Å². The monoisotopic (exact) mass is 253 g/mol. The number of hydrogen-bond donors (Lipinski definition) is 1. The molecule has 0 fully saturated rings. The summed E-state index contributed by atoms with van der Waals surface area (Å²) in [7, 11) is 2.83.